The van der Waals surface area contributed by atoms with Gasteiger partial charge in [-0.3, -0.25) is 4.79 Å². The van der Waals surface area contributed by atoms with Crippen molar-refractivity contribution in [1.29, 1.82) is 0 Å². The molecule has 1 amide bonds. The van der Waals surface area contributed by atoms with Gasteiger partial charge < -0.3 is 16.2 Å². The first-order valence-electron chi connectivity index (χ1n) is 6.00. The van der Waals surface area contributed by atoms with Crippen molar-refractivity contribution in [2.45, 2.75) is 24.7 Å². The Morgan fingerprint density at radius 3 is 2.60 bits per heavy atom. The van der Waals surface area contributed by atoms with Gasteiger partial charge in [-0.05, 0) is 31.0 Å². The van der Waals surface area contributed by atoms with Crippen LogP contribution in [0.3, 0.4) is 0 Å². The molecule has 0 saturated heterocycles. The average Bonchev–Trinajstić information content (AvgIpc) is 2.37. The summed E-state index contributed by atoms with van der Waals surface area (Å²) in [6, 6.07) is 2.91. The third-order valence-corrected chi connectivity index (χ3v) is 4.22. The Kier molecular flexibility index (Phi) is 5.34. The Labute approximate surface area is 118 Å². The number of ether oxygens (including phenoxy) is 1. The zero-order valence-corrected chi connectivity index (χ0v) is 12.3. The molecule has 0 atom stereocenters. The van der Waals surface area contributed by atoms with Crippen LogP contribution in [0, 0.1) is 6.92 Å². The molecule has 0 heterocycles. The van der Waals surface area contributed by atoms with Gasteiger partial charge in [0.25, 0.3) is 0 Å². The van der Waals surface area contributed by atoms with E-state index >= 15 is 0 Å². The summed E-state index contributed by atoms with van der Waals surface area (Å²) in [5.74, 6) is -0.250. The first-order chi connectivity index (χ1) is 9.27. The van der Waals surface area contributed by atoms with Gasteiger partial charge in [0.2, 0.25) is 15.9 Å². The molecule has 0 saturated carbocycles. The van der Waals surface area contributed by atoms with E-state index in [4.69, 9.17) is 16.2 Å². The van der Waals surface area contributed by atoms with Crippen molar-refractivity contribution in [3.63, 3.8) is 0 Å². The second-order valence-corrected chi connectivity index (χ2v) is 6.06. The number of anilines is 1. The molecule has 7 nitrogen and oxygen atoms in total. The number of hydrogen-bond acceptors (Lipinski definition) is 5. The summed E-state index contributed by atoms with van der Waals surface area (Å²) >= 11 is 0. The Bertz CT molecular complexity index is 599. The number of amides is 1. The number of carbonyl (C=O) groups excluding carboxylic acids is 1. The highest BCUT2D eigenvalue weighted by molar-refractivity contribution is 7.89. The highest BCUT2D eigenvalue weighted by Gasteiger charge is 2.20. The van der Waals surface area contributed by atoms with Gasteiger partial charge in [0.15, 0.2) is 0 Å². The second-order valence-electron chi connectivity index (χ2n) is 4.33. The molecule has 0 unspecified atom stereocenters. The predicted molar refractivity (Wildman–Crippen MR) is 75.8 cm³/mol. The van der Waals surface area contributed by atoms with Gasteiger partial charge in [-0.2, -0.15) is 0 Å². The molecule has 0 aromatic heterocycles. The summed E-state index contributed by atoms with van der Waals surface area (Å²) in [6.07, 6.45) is 0.452. The zero-order valence-electron chi connectivity index (χ0n) is 11.5. The molecule has 8 heteroatoms. The number of methoxy groups -OCH3 is 1. The van der Waals surface area contributed by atoms with Crippen LogP contribution in [0.25, 0.3) is 0 Å². The number of nitrogens with two attached hydrogens (primary N) is 2. The lowest BCUT2D eigenvalue weighted by atomic mass is 10.2. The number of aryl methyl sites for hydroxylation is 1. The maximum atomic E-state index is 12.2. The van der Waals surface area contributed by atoms with Crippen LogP contribution < -0.4 is 20.9 Å². The molecular weight excluding hydrogens is 282 g/mol. The van der Waals surface area contributed by atoms with Crippen LogP contribution in [0.5, 0.6) is 5.75 Å². The normalized spacial score (nSPS) is 11.3. The van der Waals surface area contributed by atoms with Crippen LogP contribution >= 0.6 is 0 Å². The molecule has 1 rings (SSSR count). The molecule has 20 heavy (non-hydrogen) atoms. The standard InChI is InChI=1S/C12H19N3O4S/c1-8-6-10(19-2)11(7-9(8)13)20(17,18)15-5-3-4-12(14)16/h6-7,15H,3-5,13H2,1-2H3,(H2,14,16). The quantitative estimate of drug-likeness (QED) is 0.487. The van der Waals surface area contributed by atoms with Gasteiger partial charge in [-0.1, -0.05) is 0 Å². The van der Waals surface area contributed by atoms with Crippen LogP contribution in [0.2, 0.25) is 0 Å². The SMILES string of the molecule is COc1cc(C)c(N)cc1S(=O)(=O)NCCCC(N)=O. The van der Waals surface area contributed by atoms with E-state index in [1.807, 2.05) is 0 Å². The van der Waals surface area contributed by atoms with Crippen LogP contribution in [0.15, 0.2) is 17.0 Å². The minimum atomic E-state index is -3.75. The highest BCUT2D eigenvalue weighted by atomic mass is 32.2. The molecule has 1 aromatic rings. The van der Waals surface area contributed by atoms with E-state index in [-0.39, 0.29) is 23.6 Å². The molecule has 0 spiro atoms. The lowest BCUT2D eigenvalue weighted by Crippen LogP contribution is -2.26. The van der Waals surface area contributed by atoms with E-state index < -0.39 is 15.9 Å². The van der Waals surface area contributed by atoms with E-state index in [1.165, 1.54) is 13.2 Å². The molecule has 5 N–H and O–H groups in total. The van der Waals surface area contributed by atoms with E-state index in [1.54, 1.807) is 13.0 Å². The zero-order chi connectivity index (χ0) is 15.3. The van der Waals surface area contributed by atoms with Gasteiger partial charge in [0, 0.05) is 18.7 Å². The van der Waals surface area contributed by atoms with Crippen molar-refractivity contribution in [2.24, 2.45) is 5.73 Å². The number of nitrogen functional groups attached to an aromatic ring is 1. The molecule has 1 aromatic carbocycles. The van der Waals surface area contributed by atoms with Crippen molar-refractivity contribution in [3.8, 4) is 5.75 Å². The minimum absolute atomic E-state index is 0.0258. The number of carbonyl (C=O) groups is 1. The number of benzene rings is 1. The van der Waals surface area contributed by atoms with E-state index in [0.717, 1.165) is 5.56 Å². The fourth-order valence-electron chi connectivity index (χ4n) is 1.59. The van der Waals surface area contributed by atoms with E-state index in [0.29, 0.717) is 12.1 Å². The minimum Gasteiger partial charge on any atom is -0.495 e. The molecule has 0 bridgehead atoms. The monoisotopic (exact) mass is 301 g/mol. The Balaban J connectivity index is 2.92. The smallest absolute Gasteiger partial charge is 0.244 e. The Morgan fingerprint density at radius 1 is 1.40 bits per heavy atom. The number of hydrogen-bond donors (Lipinski definition) is 3. The predicted octanol–water partition coefficient (Wildman–Crippen LogP) is 0.130. The highest BCUT2D eigenvalue weighted by Crippen LogP contribution is 2.28. The lowest BCUT2D eigenvalue weighted by molar-refractivity contribution is -0.118. The molecule has 0 radical (unpaired) electrons. The molecule has 112 valence electrons. The van der Waals surface area contributed by atoms with Crippen molar-refractivity contribution >= 4 is 21.6 Å². The molecule has 0 aliphatic heterocycles. The summed E-state index contributed by atoms with van der Waals surface area (Å²) in [5.41, 5.74) is 11.8. The van der Waals surface area contributed by atoms with E-state index in [9.17, 15) is 13.2 Å². The maximum Gasteiger partial charge on any atom is 0.244 e. The summed E-state index contributed by atoms with van der Waals surface area (Å²) in [6.45, 7) is 1.87. The van der Waals surface area contributed by atoms with Gasteiger partial charge in [0.05, 0.1) is 7.11 Å². The summed E-state index contributed by atoms with van der Waals surface area (Å²) in [7, 11) is -2.36. The first kappa shape index (κ1) is 16.3. The molecule has 0 aliphatic carbocycles. The van der Waals surface area contributed by atoms with Crippen molar-refractivity contribution < 1.29 is 17.9 Å². The topological polar surface area (TPSA) is 125 Å². The number of primary amides is 1. The average molecular weight is 301 g/mol. The summed E-state index contributed by atoms with van der Waals surface area (Å²) in [5, 5.41) is 0. The van der Waals surface area contributed by atoms with E-state index in [2.05, 4.69) is 4.72 Å². The maximum absolute atomic E-state index is 12.2. The van der Waals surface area contributed by atoms with Gasteiger partial charge in [-0.25, -0.2) is 13.1 Å². The summed E-state index contributed by atoms with van der Waals surface area (Å²) in [4.78, 5) is 10.6. The Morgan fingerprint density at radius 2 is 2.05 bits per heavy atom. The van der Waals surface area contributed by atoms with Gasteiger partial charge >= 0.3 is 0 Å². The fourth-order valence-corrected chi connectivity index (χ4v) is 2.85. The number of nitrogens with one attached hydrogen (secondary N) is 1. The van der Waals surface area contributed by atoms with Crippen molar-refractivity contribution in [3.05, 3.63) is 17.7 Å². The molecule has 0 aliphatic rings. The first-order valence-corrected chi connectivity index (χ1v) is 7.48. The third kappa shape index (κ3) is 4.10. The van der Waals surface area contributed by atoms with Gasteiger partial charge in [-0.15, -0.1) is 0 Å². The van der Waals surface area contributed by atoms with Crippen molar-refractivity contribution in [1.82, 2.24) is 4.72 Å². The number of rotatable bonds is 7. The van der Waals surface area contributed by atoms with Crippen LogP contribution in [0.4, 0.5) is 5.69 Å². The fraction of sp³-hybridized carbons (Fsp3) is 0.417. The third-order valence-electron chi connectivity index (χ3n) is 2.73. The summed E-state index contributed by atoms with van der Waals surface area (Å²) < 4.78 is 31.8. The van der Waals surface area contributed by atoms with Crippen LogP contribution in [-0.4, -0.2) is 28.0 Å². The molecular formula is C12H19N3O4S. The number of sulfonamides is 1. The van der Waals surface area contributed by atoms with Crippen LogP contribution in [-0.2, 0) is 14.8 Å². The van der Waals surface area contributed by atoms with Crippen molar-refractivity contribution in [2.75, 3.05) is 19.4 Å². The van der Waals surface area contributed by atoms with Crippen LogP contribution in [0.1, 0.15) is 18.4 Å². The molecule has 0 fully saturated rings. The second kappa shape index (κ2) is 6.58. The van der Waals surface area contributed by atoms with Gasteiger partial charge in [0.1, 0.15) is 10.6 Å². The Hall–Kier alpha value is -1.80. The largest absolute Gasteiger partial charge is 0.495 e. The lowest BCUT2D eigenvalue weighted by Gasteiger charge is -2.12.